The van der Waals surface area contributed by atoms with Crippen LogP contribution in [0.4, 0.5) is 4.79 Å². The first-order valence-corrected chi connectivity index (χ1v) is 8.30. The first-order chi connectivity index (χ1) is 13.8. The zero-order valence-electron chi connectivity index (χ0n) is 15.1. The fourth-order valence-electron chi connectivity index (χ4n) is 3.51. The lowest BCUT2D eigenvalue weighted by atomic mass is 9.77. The molecule has 4 amide bonds. The van der Waals surface area contributed by atoms with Gasteiger partial charge in [-0.05, 0) is 0 Å². The molecule has 2 aliphatic rings. The highest BCUT2D eigenvalue weighted by atomic mass is 16.5. The number of amides is 4. The van der Waals surface area contributed by atoms with E-state index >= 15 is 0 Å². The number of aromatic amines is 2. The number of rotatable bonds is 3. The van der Waals surface area contributed by atoms with Gasteiger partial charge in [0.15, 0.2) is 0 Å². The van der Waals surface area contributed by atoms with Crippen LogP contribution in [0.5, 0.6) is 23.1 Å². The van der Waals surface area contributed by atoms with Gasteiger partial charge >= 0.3 is 11.7 Å². The molecule has 3 heterocycles. The Labute approximate surface area is 161 Å². The number of methoxy groups -OCH3 is 2. The molecule has 150 valence electrons. The molecule has 12 nitrogen and oxygen atoms in total. The third-order valence-electron chi connectivity index (χ3n) is 4.68. The van der Waals surface area contributed by atoms with Crippen LogP contribution in [0.25, 0.3) is 0 Å². The van der Waals surface area contributed by atoms with E-state index in [4.69, 9.17) is 14.2 Å². The molecule has 4 rings (SSSR count). The summed E-state index contributed by atoms with van der Waals surface area (Å²) in [6.07, 6.45) is 0. The molecule has 1 fully saturated rings. The SMILES string of the molecule is COc1cc(OC)c2c(c1)Oc1[nH]c(=O)[nH]c(=O)c1C2C1C(=O)NC(=O)NC1=O. The standard InChI is InChI=1S/C17H14N4O8/c1-27-5-3-6(28-2)8-7(4-5)29-15-11(14(24)20-17(26)21-15)9(8)10-12(22)18-16(25)19-13(10)23/h3-4,9-10H,1-2H3,(H2,20,21,24,26)(H2,18,19,22,23,25). The van der Waals surface area contributed by atoms with Crippen molar-refractivity contribution < 1.29 is 28.6 Å². The maximum absolute atomic E-state index is 12.6. The van der Waals surface area contributed by atoms with Crippen LogP contribution >= 0.6 is 0 Å². The van der Waals surface area contributed by atoms with E-state index < -0.39 is 40.9 Å². The summed E-state index contributed by atoms with van der Waals surface area (Å²) < 4.78 is 16.2. The lowest BCUT2D eigenvalue weighted by Gasteiger charge is -2.33. The Morgan fingerprint density at radius 2 is 1.55 bits per heavy atom. The Hall–Kier alpha value is -4.09. The van der Waals surface area contributed by atoms with E-state index in [0.717, 1.165) is 0 Å². The van der Waals surface area contributed by atoms with Gasteiger partial charge in [0, 0.05) is 23.6 Å². The molecule has 2 aliphatic heterocycles. The lowest BCUT2D eigenvalue weighted by molar-refractivity contribution is -0.136. The van der Waals surface area contributed by atoms with E-state index in [1.54, 1.807) is 0 Å². The monoisotopic (exact) mass is 402 g/mol. The number of barbiturate groups is 1. The van der Waals surface area contributed by atoms with Gasteiger partial charge in [0.2, 0.25) is 17.7 Å². The molecule has 0 bridgehead atoms. The van der Waals surface area contributed by atoms with E-state index in [2.05, 4.69) is 9.97 Å². The number of hydrogen-bond donors (Lipinski definition) is 4. The minimum absolute atomic E-state index is 0.109. The maximum Gasteiger partial charge on any atom is 0.328 e. The van der Waals surface area contributed by atoms with E-state index in [1.165, 1.54) is 26.4 Å². The van der Waals surface area contributed by atoms with Crippen molar-refractivity contribution in [2.24, 2.45) is 5.92 Å². The van der Waals surface area contributed by atoms with Gasteiger partial charge in [0.1, 0.15) is 23.2 Å². The summed E-state index contributed by atoms with van der Waals surface area (Å²) in [6.45, 7) is 0. The third-order valence-corrected chi connectivity index (χ3v) is 4.68. The van der Waals surface area contributed by atoms with Crippen molar-refractivity contribution in [1.82, 2.24) is 20.6 Å². The van der Waals surface area contributed by atoms with Gasteiger partial charge in [0.25, 0.3) is 5.56 Å². The molecule has 29 heavy (non-hydrogen) atoms. The van der Waals surface area contributed by atoms with Crippen molar-refractivity contribution in [1.29, 1.82) is 0 Å². The molecular formula is C17H14N4O8. The molecule has 1 saturated heterocycles. The summed E-state index contributed by atoms with van der Waals surface area (Å²) in [7, 11) is 2.76. The number of aromatic nitrogens is 2. The average Bonchev–Trinajstić information content (AvgIpc) is 2.65. The van der Waals surface area contributed by atoms with Crippen LogP contribution in [-0.2, 0) is 9.59 Å². The van der Waals surface area contributed by atoms with E-state index in [9.17, 15) is 24.0 Å². The van der Waals surface area contributed by atoms with Crippen LogP contribution in [0.3, 0.4) is 0 Å². The van der Waals surface area contributed by atoms with Crippen LogP contribution in [0.15, 0.2) is 21.7 Å². The van der Waals surface area contributed by atoms with Gasteiger partial charge in [0.05, 0.1) is 19.8 Å². The van der Waals surface area contributed by atoms with Crippen molar-refractivity contribution in [3.8, 4) is 23.1 Å². The van der Waals surface area contributed by atoms with Crippen LogP contribution in [0.2, 0.25) is 0 Å². The third kappa shape index (κ3) is 2.81. The summed E-state index contributed by atoms with van der Waals surface area (Å²) in [5.74, 6) is -4.16. The quantitative estimate of drug-likeness (QED) is 0.489. The zero-order chi connectivity index (χ0) is 20.9. The second-order valence-corrected chi connectivity index (χ2v) is 6.26. The number of nitrogens with one attached hydrogen (secondary N) is 4. The molecule has 1 aromatic heterocycles. The fourth-order valence-corrected chi connectivity index (χ4v) is 3.51. The summed E-state index contributed by atoms with van der Waals surface area (Å²) in [4.78, 5) is 65.3. The van der Waals surface area contributed by atoms with Gasteiger partial charge in [-0.25, -0.2) is 9.59 Å². The number of H-pyrrole nitrogens is 2. The van der Waals surface area contributed by atoms with Crippen LogP contribution in [0, 0.1) is 5.92 Å². The van der Waals surface area contributed by atoms with Gasteiger partial charge in [-0.15, -0.1) is 0 Å². The van der Waals surface area contributed by atoms with Crippen LogP contribution in [0.1, 0.15) is 17.0 Å². The highest BCUT2D eigenvalue weighted by molar-refractivity contribution is 6.17. The van der Waals surface area contributed by atoms with Crippen molar-refractivity contribution in [2.45, 2.75) is 5.92 Å². The molecule has 0 spiro atoms. The number of carbonyl (C=O) groups excluding carboxylic acids is 3. The summed E-state index contributed by atoms with van der Waals surface area (Å²) in [6, 6.07) is 1.97. The minimum Gasteiger partial charge on any atom is -0.496 e. The number of benzene rings is 1. The molecule has 0 radical (unpaired) electrons. The number of hydrogen-bond acceptors (Lipinski definition) is 8. The Balaban J connectivity index is 2.03. The van der Waals surface area contributed by atoms with Crippen molar-refractivity contribution in [3.05, 3.63) is 44.1 Å². The number of fused-ring (bicyclic) bond motifs is 2. The minimum atomic E-state index is -1.51. The summed E-state index contributed by atoms with van der Waals surface area (Å²) in [5, 5.41) is 4.02. The van der Waals surface area contributed by atoms with E-state index in [1.807, 2.05) is 10.6 Å². The highest BCUT2D eigenvalue weighted by Gasteiger charge is 2.48. The molecule has 0 aliphatic carbocycles. The van der Waals surface area contributed by atoms with Crippen LogP contribution < -0.4 is 36.1 Å². The topological polar surface area (TPSA) is 169 Å². The number of imide groups is 2. The first-order valence-electron chi connectivity index (χ1n) is 8.30. The second kappa shape index (κ2) is 6.51. The molecule has 1 aromatic carbocycles. The van der Waals surface area contributed by atoms with E-state index in [-0.39, 0.29) is 28.5 Å². The molecule has 1 atom stereocenters. The summed E-state index contributed by atoms with van der Waals surface area (Å²) >= 11 is 0. The van der Waals surface area contributed by atoms with E-state index in [0.29, 0.717) is 5.75 Å². The molecule has 0 saturated carbocycles. The van der Waals surface area contributed by atoms with Gasteiger partial charge < -0.3 is 14.2 Å². The Bertz CT molecular complexity index is 1160. The molecule has 12 heteroatoms. The van der Waals surface area contributed by atoms with Crippen molar-refractivity contribution >= 4 is 17.8 Å². The number of ether oxygens (including phenoxy) is 3. The smallest absolute Gasteiger partial charge is 0.328 e. The van der Waals surface area contributed by atoms with Gasteiger partial charge in [-0.1, -0.05) is 0 Å². The Morgan fingerprint density at radius 1 is 0.862 bits per heavy atom. The number of urea groups is 1. The summed E-state index contributed by atoms with van der Waals surface area (Å²) in [5.41, 5.74) is -1.64. The van der Waals surface area contributed by atoms with Gasteiger partial charge in [-0.3, -0.25) is 35.0 Å². The predicted molar refractivity (Wildman–Crippen MR) is 94.3 cm³/mol. The largest absolute Gasteiger partial charge is 0.496 e. The normalized spacial score (nSPS) is 18.1. The Kier molecular flexibility index (Phi) is 4.10. The fraction of sp³-hybridized carbons (Fsp3) is 0.235. The highest BCUT2D eigenvalue weighted by Crippen LogP contribution is 2.50. The van der Waals surface area contributed by atoms with Crippen molar-refractivity contribution in [3.63, 3.8) is 0 Å². The molecule has 2 aromatic rings. The molecule has 1 unspecified atom stereocenters. The lowest BCUT2D eigenvalue weighted by Crippen LogP contribution is -2.58. The second-order valence-electron chi connectivity index (χ2n) is 6.26. The van der Waals surface area contributed by atoms with Crippen LogP contribution in [-0.4, -0.2) is 42.0 Å². The predicted octanol–water partition coefficient (Wildman–Crippen LogP) is -0.700. The number of carbonyl (C=O) groups is 3. The molecule has 4 N–H and O–H groups in total. The average molecular weight is 402 g/mol. The van der Waals surface area contributed by atoms with Gasteiger partial charge in [-0.2, -0.15) is 0 Å². The molecular weight excluding hydrogens is 388 g/mol. The zero-order valence-corrected chi connectivity index (χ0v) is 15.1. The first kappa shape index (κ1) is 18.3. The van der Waals surface area contributed by atoms with Crippen molar-refractivity contribution in [2.75, 3.05) is 14.2 Å². The maximum atomic E-state index is 12.6. The Morgan fingerprint density at radius 3 is 2.17 bits per heavy atom.